The first kappa shape index (κ1) is 9.15. The highest BCUT2D eigenvalue weighted by Crippen LogP contribution is 2.20. The van der Waals surface area contributed by atoms with Gasteiger partial charge < -0.3 is 0 Å². The van der Waals surface area contributed by atoms with Gasteiger partial charge in [-0.05, 0) is 63.4 Å². The van der Waals surface area contributed by atoms with E-state index in [4.69, 9.17) is 0 Å². The monoisotopic (exact) mass is 371 g/mol. The Morgan fingerprint density at radius 3 is 2.55 bits per heavy atom. The molecule has 0 saturated heterocycles. The molecular weight excluding hydrogens is 368 g/mol. The zero-order valence-corrected chi connectivity index (χ0v) is 9.66. The molecule has 2 nitrogen and oxygen atoms in total. The van der Waals surface area contributed by atoms with Crippen LogP contribution in [0.5, 0.6) is 0 Å². The molecule has 4 heteroatoms. The van der Waals surface area contributed by atoms with Crippen LogP contribution in [0.25, 0.3) is 0 Å². The number of hydrogen-bond donors (Lipinski definition) is 0. The summed E-state index contributed by atoms with van der Waals surface area (Å²) in [7, 11) is 0. The zero-order chi connectivity index (χ0) is 8.27. The van der Waals surface area contributed by atoms with Gasteiger partial charge in [0.1, 0.15) is 0 Å². The Balaban J connectivity index is 3.14. The normalized spacial score (nSPS) is 8.91. The maximum atomic E-state index is 9.87. The number of rotatable bonds is 1. The minimum absolute atomic E-state index is 0.657. The molecule has 0 bridgehead atoms. The van der Waals surface area contributed by atoms with Crippen molar-refractivity contribution in [3.8, 4) is 0 Å². The number of isocyanates is 1. The summed E-state index contributed by atoms with van der Waals surface area (Å²) in [6.07, 6.45) is 1.50. The van der Waals surface area contributed by atoms with Crippen LogP contribution in [-0.4, -0.2) is 6.08 Å². The Bertz CT molecular complexity index is 318. The van der Waals surface area contributed by atoms with Gasteiger partial charge in [0.25, 0.3) is 0 Å². The summed E-state index contributed by atoms with van der Waals surface area (Å²) >= 11 is 4.41. The molecule has 0 aromatic heterocycles. The van der Waals surface area contributed by atoms with Gasteiger partial charge in [0.15, 0.2) is 0 Å². The second kappa shape index (κ2) is 4.18. The third kappa shape index (κ3) is 2.53. The van der Waals surface area contributed by atoms with Crippen molar-refractivity contribution in [2.75, 3.05) is 0 Å². The highest BCUT2D eigenvalue weighted by Gasteiger charge is 1.95. The summed E-state index contributed by atoms with van der Waals surface area (Å²) in [5.74, 6) is 0. The molecule has 0 aliphatic heterocycles. The van der Waals surface area contributed by atoms with Crippen LogP contribution in [0.4, 0.5) is 5.69 Å². The van der Waals surface area contributed by atoms with E-state index in [2.05, 4.69) is 50.2 Å². The maximum absolute atomic E-state index is 9.87. The fourth-order valence-electron chi connectivity index (χ4n) is 0.607. The van der Waals surface area contributed by atoms with Crippen molar-refractivity contribution < 1.29 is 4.79 Å². The summed E-state index contributed by atoms with van der Waals surface area (Å²) in [6.45, 7) is 0. The molecule has 0 aliphatic carbocycles. The molecule has 0 atom stereocenters. The van der Waals surface area contributed by atoms with E-state index in [-0.39, 0.29) is 0 Å². The molecule has 1 aromatic carbocycles. The smallest absolute Gasteiger partial charge is 0.211 e. The largest absolute Gasteiger partial charge is 0.240 e. The lowest BCUT2D eigenvalue weighted by Gasteiger charge is -1.94. The predicted molar refractivity (Wildman–Crippen MR) is 59.7 cm³/mol. The minimum Gasteiger partial charge on any atom is -0.211 e. The molecule has 0 saturated carbocycles. The van der Waals surface area contributed by atoms with Crippen molar-refractivity contribution in [2.45, 2.75) is 0 Å². The third-order valence-electron chi connectivity index (χ3n) is 1.08. The van der Waals surface area contributed by atoms with Crippen molar-refractivity contribution >= 4 is 56.9 Å². The second-order valence-electron chi connectivity index (χ2n) is 1.80. The topological polar surface area (TPSA) is 29.4 Å². The summed E-state index contributed by atoms with van der Waals surface area (Å²) in [6, 6.07) is 5.54. The van der Waals surface area contributed by atoms with Gasteiger partial charge in [-0.3, -0.25) is 0 Å². The van der Waals surface area contributed by atoms with E-state index >= 15 is 0 Å². The molecule has 0 unspecified atom stereocenters. The SMILES string of the molecule is O=C=Nc1ccc(I)c(I)c1. The number of hydrogen-bond acceptors (Lipinski definition) is 2. The first-order valence-corrected chi connectivity index (χ1v) is 4.92. The Kier molecular flexibility index (Phi) is 3.47. The Hall–Kier alpha value is 0.0600. The van der Waals surface area contributed by atoms with E-state index < -0.39 is 0 Å². The van der Waals surface area contributed by atoms with Gasteiger partial charge >= 0.3 is 0 Å². The maximum Gasteiger partial charge on any atom is 0.240 e. The van der Waals surface area contributed by atoms with Crippen LogP contribution in [0.3, 0.4) is 0 Å². The van der Waals surface area contributed by atoms with Crippen molar-refractivity contribution in [1.82, 2.24) is 0 Å². The summed E-state index contributed by atoms with van der Waals surface area (Å²) < 4.78 is 2.26. The Morgan fingerprint density at radius 1 is 1.27 bits per heavy atom. The van der Waals surface area contributed by atoms with Crippen molar-refractivity contribution in [1.29, 1.82) is 0 Å². The Morgan fingerprint density at radius 2 is 2.00 bits per heavy atom. The molecule has 0 spiro atoms. The number of aliphatic imine (C=N–C) groups is 1. The summed E-state index contributed by atoms with van der Waals surface area (Å²) in [5, 5.41) is 0. The first-order chi connectivity index (χ1) is 5.24. The van der Waals surface area contributed by atoms with E-state index in [1.165, 1.54) is 6.08 Å². The van der Waals surface area contributed by atoms with Crippen molar-refractivity contribution in [2.24, 2.45) is 4.99 Å². The zero-order valence-electron chi connectivity index (χ0n) is 5.34. The van der Waals surface area contributed by atoms with Gasteiger partial charge in [0.05, 0.1) is 5.69 Å². The van der Waals surface area contributed by atoms with E-state index in [1.54, 1.807) is 6.07 Å². The van der Waals surface area contributed by atoms with Gasteiger partial charge in [0, 0.05) is 7.14 Å². The van der Waals surface area contributed by atoms with Crippen molar-refractivity contribution in [3.05, 3.63) is 25.3 Å². The molecular formula is C7H3I2NO. The van der Waals surface area contributed by atoms with E-state index in [1.807, 2.05) is 12.1 Å². The third-order valence-corrected chi connectivity index (χ3v) is 3.94. The number of benzene rings is 1. The number of carbonyl (C=O) groups excluding carboxylic acids is 1. The van der Waals surface area contributed by atoms with Gasteiger partial charge in [-0.25, -0.2) is 4.79 Å². The van der Waals surface area contributed by atoms with Crippen molar-refractivity contribution in [3.63, 3.8) is 0 Å². The molecule has 1 aromatic rings. The van der Waals surface area contributed by atoms with Crippen LogP contribution in [0, 0.1) is 7.14 Å². The molecule has 0 heterocycles. The molecule has 11 heavy (non-hydrogen) atoms. The first-order valence-electron chi connectivity index (χ1n) is 2.77. The van der Waals surface area contributed by atoms with Crippen LogP contribution in [0.1, 0.15) is 0 Å². The fraction of sp³-hybridized carbons (Fsp3) is 0. The quantitative estimate of drug-likeness (QED) is 0.424. The summed E-state index contributed by atoms with van der Waals surface area (Å²) in [4.78, 5) is 13.4. The summed E-state index contributed by atoms with van der Waals surface area (Å²) in [5.41, 5.74) is 0.657. The molecule has 0 N–H and O–H groups in total. The molecule has 0 fully saturated rings. The number of halogens is 2. The predicted octanol–water partition coefficient (Wildman–Crippen LogP) is 2.86. The van der Waals surface area contributed by atoms with Crippen LogP contribution in [0.2, 0.25) is 0 Å². The van der Waals surface area contributed by atoms with Gasteiger partial charge in [-0.2, -0.15) is 4.99 Å². The highest BCUT2D eigenvalue weighted by molar-refractivity contribution is 14.1. The van der Waals surface area contributed by atoms with Crippen LogP contribution in [0.15, 0.2) is 23.2 Å². The second-order valence-corrected chi connectivity index (χ2v) is 4.13. The molecule has 0 radical (unpaired) electrons. The standard InChI is InChI=1S/C7H3I2NO/c8-6-2-1-5(10-4-11)3-7(6)9/h1-3H. The van der Waals surface area contributed by atoms with Crippen LogP contribution < -0.4 is 0 Å². The lowest BCUT2D eigenvalue weighted by atomic mass is 10.3. The van der Waals surface area contributed by atoms with Gasteiger partial charge in [-0.1, -0.05) is 0 Å². The van der Waals surface area contributed by atoms with E-state index in [9.17, 15) is 4.79 Å². The molecule has 0 aliphatic rings. The lowest BCUT2D eigenvalue weighted by molar-refractivity contribution is 0.565. The average Bonchev–Trinajstić information content (AvgIpc) is 1.98. The lowest BCUT2D eigenvalue weighted by Crippen LogP contribution is -1.76. The fourth-order valence-corrected chi connectivity index (χ4v) is 1.44. The highest BCUT2D eigenvalue weighted by atomic mass is 127. The van der Waals surface area contributed by atoms with Gasteiger partial charge in [0.2, 0.25) is 6.08 Å². The van der Waals surface area contributed by atoms with Gasteiger partial charge in [-0.15, -0.1) is 0 Å². The Labute approximate surface area is 91.4 Å². The molecule has 56 valence electrons. The van der Waals surface area contributed by atoms with Crippen LogP contribution in [-0.2, 0) is 4.79 Å². The molecule has 0 amide bonds. The van der Waals surface area contributed by atoms with E-state index in [0.717, 1.165) is 7.14 Å². The number of nitrogens with zero attached hydrogens (tertiary/aromatic N) is 1. The van der Waals surface area contributed by atoms with E-state index in [0.29, 0.717) is 5.69 Å². The van der Waals surface area contributed by atoms with Crippen LogP contribution >= 0.6 is 45.2 Å². The minimum atomic E-state index is 0.657. The average molecular weight is 371 g/mol. The molecule has 1 rings (SSSR count).